The smallest absolute Gasteiger partial charge is 0.332 e. The van der Waals surface area contributed by atoms with E-state index in [-0.39, 0.29) is 26.4 Å². The summed E-state index contributed by atoms with van der Waals surface area (Å²) in [5.74, 6) is -0.946. The second-order valence-corrected chi connectivity index (χ2v) is 4.42. The van der Waals surface area contributed by atoms with E-state index in [0.29, 0.717) is 0 Å². The molecule has 22 heavy (non-hydrogen) atoms. The monoisotopic (exact) mass is 307 g/mol. The lowest BCUT2D eigenvalue weighted by Crippen LogP contribution is -2.40. The van der Waals surface area contributed by atoms with Crippen molar-refractivity contribution in [3.63, 3.8) is 0 Å². The molecule has 1 aromatic rings. The molecule has 0 unspecified atom stereocenters. The molecule has 1 N–H and O–H groups in total. The molecular weight excluding hydrogens is 286 g/mol. The van der Waals surface area contributed by atoms with E-state index < -0.39 is 18.0 Å². The summed E-state index contributed by atoms with van der Waals surface area (Å²) < 4.78 is 15.1. The van der Waals surface area contributed by atoms with Crippen molar-refractivity contribution in [2.45, 2.75) is 12.6 Å². The number of carbonyl (C=O) groups excluding carboxylic acids is 2. The number of rotatable bonds is 10. The van der Waals surface area contributed by atoms with Crippen LogP contribution in [0, 0.1) is 0 Å². The maximum Gasteiger partial charge on any atom is 0.332 e. The van der Waals surface area contributed by atoms with E-state index in [9.17, 15) is 9.59 Å². The molecule has 0 heterocycles. The fraction of sp³-hybridized carbons (Fsp3) is 0.375. The van der Waals surface area contributed by atoms with Gasteiger partial charge in [-0.15, -0.1) is 0 Å². The molecular formula is C16H21NO5. The van der Waals surface area contributed by atoms with Crippen molar-refractivity contribution in [2.24, 2.45) is 0 Å². The summed E-state index contributed by atoms with van der Waals surface area (Å²) in [6.45, 7) is 3.56. The first-order valence-corrected chi connectivity index (χ1v) is 6.89. The Bertz CT molecular complexity index is 475. The topological polar surface area (TPSA) is 73.9 Å². The van der Waals surface area contributed by atoms with E-state index in [0.717, 1.165) is 5.56 Å². The summed E-state index contributed by atoms with van der Waals surface area (Å²) >= 11 is 0. The number of hydrogen-bond donors (Lipinski definition) is 1. The third kappa shape index (κ3) is 7.01. The van der Waals surface area contributed by atoms with Crippen LogP contribution in [0.25, 0.3) is 0 Å². The second-order valence-electron chi connectivity index (χ2n) is 4.42. The molecule has 0 amide bonds. The Balaban J connectivity index is 2.29. The Morgan fingerprint density at radius 3 is 2.64 bits per heavy atom. The third-order valence-electron chi connectivity index (χ3n) is 2.72. The van der Waals surface area contributed by atoms with Crippen molar-refractivity contribution in [3.8, 4) is 0 Å². The number of nitrogens with one attached hydrogen (secondary N) is 1. The predicted molar refractivity (Wildman–Crippen MR) is 81.1 cm³/mol. The SMILES string of the molecule is C=CCOC(=O)COC[C@H](NC)C(=O)OCc1ccccc1. The predicted octanol–water partition coefficient (Wildman–Crippen LogP) is 1.06. The lowest BCUT2D eigenvalue weighted by molar-refractivity contribution is -0.153. The van der Waals surface area contributed by atoms with E-state index in [2.05, 4.69) is 11.9 Å². The molecule has 1 aromatic carbocycles. The van der Waals surface area contributed by atoms with Gasteiger partial charge in [-0.05, 0) is 12.6 Å². The van der Waals surface area contributed by atoms with Crippen LogP contribution in [0.3, 0.4) is 0 Å². The summed E-state index contributed by atoms with van der Waals surface area (Å²) in [6, 6.07) is 8.73. The maximum atomic E-state index is 11.9. The zero-order chi connectivity index (χ0) is 16.2. The van der Waals surface area contributed by atoms with E-state index in [1.807, 2.05) is 30.3 Å². The molecule has 6 heteroatoms. The molecule has 0 aromatic heterocycles. The molecule has 0 spiro atoms. The Labute approximate surface area is 130 Å². The maximum absolute atomic E-state index is 11.9. The minimum Gasteiger partial charge on any atom is -0.460 e. The van der Waals surface area contributed by atoms with Crippen molar-refractivity contribution in [1.82, 2.24) is 5.32 Å². The van der Waals surface area contributed by atoms with Crippen LogP contribution >= 0.6 is 0 Å². The first kappa shape index (κ1) is 17.9. The van der Waals surface area contributed by atoms with Gasteiger partial charge in [0.05, 0.1) is 6.61 Å². The van der Waals surface area contributed by atoms with E-state index in [1.54, 1.807) is 7.05 Å². The number of hydrogen-bond acceptors (Lipinski definition) is 6. The first-order valence-electron chi connectivity index (χ1n) is 6.89. The van der Waals surface area contributed by atoms with Crippen molar-refractivity contribution in [3.05, 3.63) is 48.6 Å². The van der Waals surface area contributed by atoms with Gasteiger partial charge in [-0.3, -0.25) is 4.79 Å². The second kappa shape index (κ2) is 10.5. The summed E-state index contributed by atoms with van der Waals surface area (Å²) in [5, 5.41) is 2.79. The van der Waals surface area contributed by atoms with Crippen molar-refractivity contribution < 1.29 is 23.8 Å². The molecule has 1 atom stereocenters. The summed E-state index contributed by atoms with van der Waals surface area (Å²) in [4.78, 5) is 23.1. The normalized spacial score (nSPS) is 11.5. The summed E-state index contributed by atoms with van der Waals surface area (Å²) in [5.41, 5.74) is 0.902. The van der Waals surface area contributed by atoms with Crippen LogP contribution in [0.15, 0.2) is 43.0 Å². The van der Waals surface area contributed by atoms with E-state index >= 15 is 0 Å². The standard InChI is InChI=1S/C16H21NO5/c1-3-9-21-15(18)12-20-11-14(17-2)16(19)22-10-13-7-5-4-6-8-13/h3-8,14,17H,1,9-12H2,2H3/t14-/m0/s1. The highest BCUT2D eigenvalue weighted by atomic mass is 16.6. The number of carbonyl (C=O) groups is 2. The van der Waals surface area contributed by atoms with Gasteiger partial charge < -0.3 is 19.5 Å². The van der Waals surface area contributed by atoms with Gasteiger partial charge in [0.15, 0.2) is 0 Å². The highest BCUT2D eigenvalue weighted by Gasteiger charge is 2.19. The lowest BCUT2D eigenvalue weighted by Gasteiger charge is -2.15. The molecule has 6 nitrogen and oxygen atoms in total. The van der Waals surface area contributed by atoms with Crippen LogP contribution in [-0.4, -0.2) is 44.8 Å². The van der Waals surface area contributed by atoms with Crippen LogP contribution in [0.4, 0.5) is 0 Å². The van der Waals surface area contributed by atoms with Crippen LogP contribution in [0.5, 0.6) is 0 Å². The minimum atomic E-state index is -0.643. The number of ether oxygens (including phenoxy) is 3. The quantitative estimate of drug-likeness (QED) is 0.515. The summed E-state index contributed by atoms with van der Waals surface area (Å²) in [7, 11) is 1.62. The number of benzene rings is 1. The van der Waals surface area contributed by atoms with Crippen LogP contribution in [-0.2, 0) is 30.4 Å². The van der Waals surface area contributed by atoms with E-state index in [4.69, 9.17) is 14.2 Å². The summed E-state index contributed by atoms with van der Waals surface area (Å²) in [6.07, 6.45) is 1.47. The molecule has 0 saturated carbocycles. The average molecular weight is 307 g/mol. The molecule has 0 aliphatic heterocycles. The van der Waals surface area contributed by atoms with Gasteiger partial charge in [-0.2, -0.15) is 0 Å². The molecule has 0 aliphatic rings. The highest BCUT2D eigenvalue weighted by Crippen LogP contribution is 2.02. The lowest BCUT2D eigenvalue weighted by atomic mass is 10.2. The Kier molecular flexibility index (Phi) is 8.56. The van der Waals surface area contributed by atoms with Crippen LogP contribution in [0.2, 0.25) is 0 Å². The van der Waals surface area contributed by atoms with Crippen LogP contribution < -0.4 is 5.32 Å². The molecule has 0 fully saturated rings. The molecule has 0 aliphatic carbocycles. The zero-order valence-electron chi connectivity index (χ0n) is 12.6. The Morgan fingerprint density at radius 2 is 2.00 bits per heavy atom. The van der Waals surface area contributed by atoms with Gasteiger partial charge >= 0.3 is 11.9 Å². The minimum absolute atomic E-state index is 0.0211. The Morgan fingerprint density at radius 1 is 1.27 bits per heavy atom. The Hall–Kier alpha value is -2.18. The van der Waals surface area contributed by atoms with Gasteiger partial charge in [0.2, 0.25) is 0 Å². The van der Waals surface area contributed by atoms with Crippen molar-refractivity contribution in [1.29, 1.82) is 0 Å². The van der Waals surface area contributed by atoms with Crippen molar-refractivity contribution in [2.75, 3.05) is 26.9 Å². The number of likely N-dealkylation sites (N-methyl/N-ethyl adjacent to an activating group) is 1. The fourth-order valence-electron chi connectivity index (χ4n) is 1.55. The molecule has 120 valence electrons. The highest BCUT2D eigenvalue weighted by molar-refractivity contribution is 5.76. The third-order valence-corrected chi connectivity index (χ3v) is 2.72. The van der Waals surface area contributed by atoms with Crippen molar-refractivity contribution >= 4 is 11.9 Å². The van der Waals surface area contributed by atoms with Crippen LogP contribution in [0.1, 0.15) is 5.56 Å². The largest absolute Gasteiger partial charge is 0.460 e. The zero-order valence-corrected chi connectivity index (χ0v) is 12.6. The molecule has 1 rings (SSSR count). The van der Waals surface area contributed by atoms with Gasteiger partial charge in [-0.1, -0.05) is 43.0 Å². The molecule has 0 saturated heterocycles. The average Bonchev–Trinajstić information content (AvgIpc) is 2.55. The number of esters is 2. The molecule has 0 radical (unpaired) electrons. The fourth-order valence-corrected chi connectivity index (χ4v) is 1.55. The van der Waals surface area contributed by atoms with Gasteiger partial charge in [-0.25, -0.2) is 4.79 Å². The van der Waals surface area contributed by atoms with Gasteiger partial charge in [0.25, 0.3) is 0 Å². The first-order chi connectivity index (χ1) is 10.7. The van der Waals surface area contributed by atoms with Gasteiger partial charge in [0, 0.05) is 0 Å². The molecule has 0 bridgehead atoms. The van der Waals surface area contributed by atoms with Gasteiger partial charge in [0.1, 0.15) is 25.9 Å². The van der Waals surface area contributed by atoms with E-state index in [1.165, 1.54) is 6.08 Å².